The van der Waals surface area contributed by atoms with E-state index in [0.29, 0.717) is 0 Å². The summed E-state index contributed by atoms with van der Waals surface area (Å²) in [6.45, 7) is 1.30. The lowest BCUT2D eigenvalue weighted by atomic mass is 10.1. The maximum Gasteiger partial charge on any atom is 0.362 e. The number of nitrogens with one attached hydrogen (secondary N) is 4. The number of hydrogen-bond acceptors (Lipinski definition) is 18. The molecule has 16 N–H and O–H groups in total. The highest BCUT2D eigenvalue weighted by Gasteiger charge is 2.60. The first kappa shape index (κ1) is 56.6. The first-order valence-electron chi connectivity index (χ1n) is 15.5. The Morgan fingerprint density at radius 1 is 0.684 bits per heavy atom. The van der Waals surface area contributed by atoms with Crippen molar-refractivity contribution in [3.8, 4) is 0 Å². The highest BCUT2D eigenvalue weighted by atomic mass is 32.2. The van der Waals surface area contributed by atoms with Gasteiger partial charge in [-0.05, 0) is 26.7 Å². The van der Waals surface area contributed by atoms with Gasteiger partial charge < -0.3 is 68.1 Å². The monoisotopic (exact) mass is 874 g/mol. The third kappa shape index (κ3) is 16.4. The van der Waals surface area contributed by atoms with Gasteiger partial charge in [0.05, 0.1) is 13.1 Å². The van der Waals surface area contributed by atoms with E-state index in [0.717, 1.165) is 28.4 Å². The van der Waals surface area contributed by atoms with Crippen LogP contribution in [0.1, 0.15) is 39.5 Å². The first-order valence-corrected chi connectivity index (χ1v) is 18.3. The molecule has 2 saturated heterocycles. The molecule has 0 saturated carbocycles. The summed E-state index contributed by atoms with van der Waals surface area (Å²) in [4.78, 5) is 92.4. The Labute approximate surface area is 325 Å². The molecule has 2 aliphatic rings. The SMILES string of the molecule is CO.CO.CO[C@]1(NC(=O)[C@@H](C)NC(=O)CC[C@@H](N)C(=O)O)CN(S(=O)(=O)O)C1=O.CO[C@]1(NC(=O)[C@@H](C)NC(=O)CC[C@@H](N)C(=O)O)CN(S(=O)(=O)O)C1=O.O. The van der Waals surface area contributed by atoms with E-state index in [2.05, 4.69) is 21.3 Å². The van der Waals surface area contributed by atoms with Gasteiger partial charge in [-0.15, -0.1) is 0 Å². The number of aliphatic carboxylic acids is 2. The van der Waals surface area contributed by atoms with Gasteiger partial charge in [-0.25, -0.2) is 8.61 Å². The van der Waals surface area contributed by atoms with E-state index in [1.807, 2.05) is 0 Å². The molecule has 6 amide bonds. The van der Waals surface area contributed by atoms with Gasteiger partial charge in [0.2, 0.25) is 35.1 Å². The van der Waals surface area contributed by atoms with Crippen LogP contribution in [0.5, 0.6) is 0 Å². The maximum absolute atomic E-state index is 12.1. The van der Waals surface area contributed by atoms with Crippen molar-refractivity contribution >= 4 is 68.0 Å². The van der Waals surface area contributed by atoms with Crippen LogP contribution >= 0.6 is 0 Å². The number of amides is 6. The Kier molecular flexibility index (Phi) is 24.0. The molecule has 0 spiro atoms. The van der Waals surface area contributed by atoms with Crippen LogP contribution in [0.4, 0.5) is 0 Å². The fourth-order valence-corrected chi connectivity index (χ4v) is 5.47. The fraction of sp³-hybridized carbons (Fsp3) is 0.692. The second-order valence-electron chi connectivity index (χ2n) is 11.2. The van der Waals surface area contributed by atoms with Crippen LogP contribution < -0.4 is 32.7 Å². The number of hydrogen-bond donors (Lipinski definition) is 12. The smallest absolute Gasteiger partial charge is 0.362 e. The largest absolute Gasteiger partial charge is 0.480 e. The van der Waals surface area contributed by atoms with Crippen LogP contribution in [0.25, 0.3) is 0 Å². The molecule has 0 bridgehead atoms. The minimum Gasteiger partial charge on any atom is -0.480 e. The molecule has 2 aliphatic heterocycles. The van der Waals surface area contributed by atoms with Crippen molar-refractivity contribution in [1.82, 2.24) is 29.9 Å². The third-order valence-corrected chi connectivity index (χ3v) is 9.03. The lowest BCUT2D eigenvalue weighted by Gasteiger charge is -2.45. The summed E-state index contributed by atoms with van der Waals surface area (Å²) < 4.78 is 71.4. The van der Waals surface area contributed by atoms with E-state index in [9.17, 15) is 55.2 Å². The Morgan fingerprint density at radius 3 is 1.14 bits per heavy atom. The van der Waals surface area contributed by atoms with E-state index in [-0.39, 0.29) is 39.8 Å². The van der Waals surface area contributed by atoms with E-state index in [4.69, 9.17) is 50.5 Å². The number of aliphatic hydroxyl groups is 2. The molecule has 0 radical (unpaired) electrons. The quantitative estimate of drug-likeness (QED) is 0.0346. The Balaban J connectivity index is -0.000000925. The second kappa shape index (κ2) is 24.2. The number of carboxylic acids is 2. The summed E-state index contributed by atoms with van der Waals surface area (Å²) in [6, 6.07) is -4.72. The molecule has 2 rings (SSSR count). The summed E-state index contributed by atoms with van der Waals surface area (Å²) in [7, 11) is -5.44. The predicted molar refractivity (Wildman–Crippen MR) is 187 cm³/mol. The summed E-state index contributed by atoms with van der Waals surface area (Å²) in [5.74, 6) is -7.92. The zero-order chi connectivity index (χ0) is 44.6. The molecular weight excluding hydrogens is 824 g/mol. The lowest BCUT2D eigenvalue weighted by molar-refractivity contribution is -0.180. The van der Waals surface area contributed by atoms with E-state index in [1.54, 1.807) is 0 Å². The summed E-state index contributed by atoms with van der Waals surface area (Å²) in [5.41, 5.74) is 6.57. The molecule has 6 atom stereocenters. The lowest BCUT2D eigenvalue weighted by Crippen LogP contribution is -2.76. The Bertz CT molecular complexity index is 1550. The molecule has 31 heteroatoms. The van der Waals surface area contributed by atoms with E-state index < -0.39 is 117 Å². The minimum absolute atomic E-state index is 0. The molecule has 2 fully saturated rings. The van der Waals surface area contributed by atoms with Crippen molar-refractivity contribution in [3.63, 3.8) is 0 Å². The number of carboxylic acid groups (broad SMARTS) is 2. The third-order valence-electron chi connectivity index (χ3n) is 7.32. The number of rotatable bonds is 18. The number of carbonyl (C=O) groups is 8. The zero-order valence-corrected chi connectivity index (χ0v) is 32.9. The number of nitrogens with two attached hydrogens (primary N) is 2. The molecule has 29 nitrogen and oxygen atoms in total. The molecule has 57 heavy (non-hydrogen) atoms. The number of β-lactam (4-membered cyclic amide) rings is 2. The Morgan fingerprint density at radius 2 is 0.947 bits per heavy atom. The Hall–Kier alpha value is -4.70. The molecule has 0 aromatic rings. The summed E-state index contributed by atoms with van der Waals surface area (Å²) in [5, 5.41) is 40.1. The van der Waals surface area contributed by atoms with E-state index in [1.165, 1.54) is 13.8 Å². The van der Waals surface area contributed by atoms with Crippen molar-refractivity contribution < 1.29 is 99.7 Å². The predicted octanol–water partition coefficient (Wildman–Crippen LogP) is -8.03. The van der Waals surface area contributed by atoms with Gasteiger partial charge in [-0.1, -0.05) is 0 Å². The van der Waals surface area contributed by atoms with Crippen molar-refractivity contribution in [2.45, 2.75) is 75.1 Å². The number of aliphatic hydroxyl groups excluding tert-OH is 2. The van der Waals surface area contributed by atoms with Crippen molar-refractivity contribution in [3.05, 3.63) is 0 Å². The number of carbonyl (C=O) groups excluding carboxylic acids is 6. The molecule has 0 unspecified atom stereocenters. The van der Waals surface area contributed by atoms with Crippen LogP contribution in [0.2, 0.25) is 0 Å². The number of nitrogens with zero attached hydrogens (tertiary/aromatic N) is 2. The van der Waals surface area contributed by atoms with Gasteiger partial charge in [0.25, 0.3) is 11.8 Å². The molecule has 332 valence electrons. The summed E-state index contributed by atoms with van der Waals surface area (Å²) in [6.07, 6.45) is -0.759. The average Bonchev–Trinajstić information content (AvgIpc) is 3.12. The van der Waals surface area contributed by atoms with Gasteiger partial charge in [0.1, 0.15) is 24.2 Å². The molecule has 0 aromatic carbocycles. The second-order valence-corrected chi connectivity index (χ2v) is 13.8. The minimum atomic E-state index is -4.77. The molecular formula is C26H50N8O21S2. The van der Waals surface area contributed by atoms with Crippen molar-refractivity contribution in [2.24, 2.45) is 11.5 Å². The van der Waals surface area contributed by atoms with Crippen LogP contribution in [0.3, 0.4) is 0 Å². The number of methoxy groups -OCH3 is 2. The molecule has 2 heterocycles. The van der Waals surface area contributed by atoms with Crippen LogP contribution in [-0.4, -0.2) is 185 Å². The fourth-order valence-electron chi connectivity index (χ4n) is 4.06. The van der Waals surface area contributed by atoms with Crippen LogP contribution in [-0.2, 0) is 68.4 Å². The van der Waals surface area contributed by atoms with Gasteiger partial charge >= 0.3 is 32.5 Å². The standard InChI is InChI=1S/2C12H20N4O9S.2CH4O.H2O/c2*1-6(14-8(17)4-3-7(13)10(19)20)9(18)15-12(25-2)5-16(11(12)21)26(22,23)24;2*1-2;/h2*6-7H,3-5,13H2,1-2H3,(H,14,17)(H,15,18)(H,19,20)(H,22,23,24);2*2H,1H3;1H2/t2*6-,7-,12-;;;/m11.../s1. The van der Waals surface area contributed by atoms with E-state index >= 15 is 0 Å². The van der Waals surface area contributed by atoms with Gasteiger partial charge in [0.15, 0.2) is 0 Å². The highest BCUT2D eigenvalue weighted by Crippen LogP contribution is 2.27. The molecule has 0 aromatic heterocycles. The first-order chi connectivity index (χ1) is 25.7. The average molecular weight is 875 g/mol. The topological polar surface area (TPSA) is 483 Å². The van der Waals surface area contributed by atoms with Gasteiger partial charge in [0, 0.05) is 41.3 Å². The van der Waals surface area contributed by atoms with Crippen molar-refractivity contribution in [2.75, 3.05) is 41.5 Å². The summed E-state index contributed by atoms with van der Waals surface area (Å²) >= 11 is 0. The normalized spacial score (nSPS) is 20.4. The maximum atomic E-state index is 12.1. The van der Waals surface area contributed by atoms with Crippen LogP contribution in [0, 0.1) is 0 Å². The highest BCUT2D eigenvalue weighted by molar-refractivity contribution is 7.84. The number of ether oxygens (including phenoxy) is 2. The van der Waals surface area contributed by atoms with Gasteiger partial charge in [-0.3, -0.25) is 47.5 Å². The van der Waals surface area contributed by atoms with Gasteiger partial charge in [-0.2, -0.15) is 16.8 Å². The van der Waals surface area contributed by atoms with Crippen LogP contribution in [0.15, 0.2) is 0 Å². The van der Waals surface area contributed by atoms with Crippen molar-refractivity contribution in [1.29, 1.82) is 0 Å². The molecule has 0 aliphatic carbocycles. The zero-order valence-electron chi connectivity index (χ0n) is 31.3.